The summed E-state index contributed by atoms with van der Waals surface area (Å²) in [5.41, 5.74) is 1.06. The van der Waals surface area contributed by atoms with Crippen LogP contribution in [0, 0.1) is 0 Å². The molecule has 1 unspecified atom stereocenters. The summed E-state index contributed by atoms with van der Waals surface area (Å²) >= 11 is 5.14. The quantitative estimate of drug-likeness (QED) is 0.899. The van der Waals surface area contributed by atoms with Gasteiger partial charge in [0.15, 0.2) is 0 Å². The molecule has 0 saturated carbocycles. The van der Waals surface area contributed by atoms with Gasteiger partial charge in [-0.05, 0) is 41.4 Å². The molecule has 2 aromatic heterocycles. The summed E-state index contributed by atoms with van der Waals surface area (Å²) in [6, 6.07) is 2.63. The molecule has 1 aliphatic heterocycles. The van der Waals surface area contributed by atoms with Gasteiger partial charge < -0.3 is 10.6 Å². The Bertz CT molecular complexity index is 534. The van der Waals surface area contributed by atoms with Gasteiger partial charge in [-0.25, -0.2) is 9.97 Å². The fraction of sp³-hybridized carbons (Fsp3) is 0.385. The van der Waals surface area contributed by atoms with Crippen LogP contribution in [0.3, 0.4) is 0 Å². The lowest BCUT2D eigenvalue weighted by Gasteiger charge is -2.11. The Morgan fingerprint density at radius 2 is 2.26 bits per heavy atom. The van der Waals surface area contributed by atoms with E-state index in [1.807, 2.05) is 12.4 Å². The maximum atomic E-state index is 4.37. The highest BCUT2D eigenvalue weighted by Crippen LogP contribution is 2.29. The first-order valence-corrected chi connectivity index (χ1v) is 8.02. The number of anilines is 1. The maximum absolute atomic E-state index is 4.37. The molecule has 1 aliphatic rings. The van der Waals surface area contributed by atoms with Gasteiger partial charge in [-0.1, -0.05) is 0 Å². The zero-order chi connectivity index (χ0) is 13.1. The second kappa shape index (κ2) is 5.98. The van der Waals surface area contributed by atoms with E-state index in [-0.39, 0.29) is 0 Å². The highest BCUT2D eigenvalue weighted by Gasteiger charge is 2.13. The number of thiophene rings is 1. The molecular weight excluding hydrogens is 324 g/mol. The Labute approximate surface area is 124 Å². The van der Waals surface area contributed by atoms with E-state index in [9.17, 15) is 0 Å². The Kier molecular flexibility index (Phi) is 4.10. The Morgan fingerprint density at radius 1 is 1.42 bits per heavy atom. The van der Waals surface area contributed by atoms with E-state index < -0.39 is 0 Å². The lowest BCUT2D eigenvalue weighted by atomic mass is 10.2. The minimum atomic E-state index is 0.552. The molecule has 0 aromatic carbocycles. The minimum absolute atomic E-state index is 0.552. The van der Waals surface area contributed by atoms with Gasteiger partial charge in [0.2, 0.25) is 5.95 Å². The van der Waals surface area contributed by atoms with Crippen LogP contribution >= 0.6 is 27.3 Å². The van der Waals surface area contributed by atoms with Crippen molar-refractivity contribution in [2.24, 2.45) is 0 Å². The Balaban J connectivity index is 1.62. The lowest BCUT2D eigenvalue weighted by Crippen LogP contribution is -2.29. The fourth-order valence-electron chi connectivity index (χ4n) is 2.16. The molecule has 1 atom stereocenters. The first-order chi connectivity index (χ1) is 9.31. The third kappa shape index (κ3) is 3.32. The van der Waals surface area contributed by atoms with E-state index in [0.717, 1.165) is 23.1 Å². The van der Waals surface area contributed by atoms with Gasteiger partial charge in [0.05, 0.1) is 0 Å². The van der Waals surface area contributed by atoms with Crippen LogP contribution in [0.1, 0.15) is 12.8 Å². The molecule has 2 aromatic rings. The van der Waals surface area contributed by atoms with Crippen LogP contribution in [0.4, 0.5) is 5.95 Å². The average molecular weight is 339 g/mol. The minimum Gasteiger partial charge on any atom is -0.353 e. The number of hydrogen-bond acceptors (Lipinski definition) is 5. The monoisotopic (exact) mass is 338 g/mol. The molecule has 4 nitrogen and oxygen atoms in total. The normalized spacial score (nSPS) is 18.7. The molecule has 19 heavy (non-hydrogen) atoms. The second-order valence-electron chi connectivity index (χ2n) is 4.60. The molecular formula is C13H15BrN4S. The molecule has 3 heterocycles. The van der Waals surface area contributed by atoms with Crippen molar-refractivity contribution in [1.29, 1.82) is 0 Å². The zero-order valence-electron chi connectivity index (χ0n) is 10.4. The maximum Gasteiger partial charge on any atom is 0.222 e. The predicted molar refractivity (Wildman–Crippen MR) is 82.6 cm³/mol. The summed E-state index contributed by atoms with van der Waals surface area (Å²) in [7, 11) is 0. The van der Waals surface area contributed by atoms with Crippen LogP contribution in [-0.4, -0.2) is 29.1 Å². The van der Waals surface area contributed by atoms with E-state index in [1.165, 1.54) is 17.7 Å². The number of aromatic nitrogens is 2. The van der Waals surface area contributed by atoms with Crippen LogP contribution in [0.2, 0.25) is 0 Å². The summed E-state index contributed by atoms with van der Waals surface area (Å²) < 4.78 is 1.10. The van der Waals surface area contributed by atoms with Crippen LogP contribution < -0.4 is 10.6 Å². The van der Waals surface area contributed by atoms with Crippen LogP contribution in [0.25, 0.3) is 10.4 Å². The summed E-state index contributed by atoms with van der Waals surface area (Å²) in [6.45, 7) is 2.02. The van der Waals surface area contributed by atoms with Crippen molar-refractivity contribution in [2.45, 2.75) is 18.9 Å². The molecule has 6 heteroatoms. The standard InChI is InChI=1S/C13H15BrN4S/c14-10-4-12(19-8-10)9-5-16-13(17-6-9)18-7-11-2-1-3-15-11/h4-6,8,11,15H,1-3,7H2,(H,16,17,18). The van der Waals surface area contributed by atoms with E-state index in [1.54, 1.807) is 11.3 Å². The van der Waals surface area contributed by atoms with Gasteiger partial charge in [-0.2, -0.15) is 0 Å². The van der Waals surface area contributed by atoms with Crippen molar-refractivity contribution in [3.05, 3.63) is 28.3 Å². The predicted octanol–water partition coefficient (Wildman–Crippen LogP) is 3.13. The lowest BCUT2D eigenvalue weighted by molar-refractivity contribution is 0.631. The second-order valence-corrected chi connectivity index (χ2v) is 6.43. The molecule has 3 rings (SSSR count). The van der Waals surface area contributed by atoms with Crippen LogP contribution in [-0.2, 0) is 0 Å². The Morgan fingerprint density at radius 3 is 2.89 bits per heavy atom. The molecule has 0 radical (unpaired) electrons. The number of hydrogen-bond donors (Lipinski definition) is 2. The summed E-state index contributed by atoms with van der Waals surface area (Å²) in [4.78, 5) is 9.91. The van der Waals surface area contributed by atoms with E-state index >= 15 is 0 Å². The van der Waals surface area contributed by atoms with Gasteiger partial charge in [-0.15, -0.1) is 11.3 Å². The van der Waals surface area contributed by atoms with E-state index in [2.05, 4.69) is 48.0 Å². The van der Waals surface area contributed by atoms with E-state index in [4.69, 9.17) is 0 Å². The highest BCUT2D eigenvalue weighted by atomic mass is 79.9. The first-order valence-electron chi connectivity index (χ1n) is 6.35. The topological polar surface area (TPSA) is 49.8 Å². The summed E-state index contributed by atoms with van der Waals surface area (Å²) in [5, 5.41) is 8.79. The van der Waals surface area contributed by atoms with E-state index in [0.29, 0.717) is 12.0 Å². The van der Waals surface area contributed by atoms with Crippen molar-refractivity contribution in [2.75, 3.05) is 18.4 Å². The molecule has 1 fully saturated rings. The number of halogens is 1. The molecule has 100 valence electrons. The van der Waals surface area contributed by atoms with Crippen molar-refractivity contribution < 1.29 is 0 Å². The number of rotatable bonds is 4. The third-order valence-electron chi connectivity index (χ3n) is 3.17. The molecule has 0 bridgehead atoms. The third-order valence-corrected chi connectivity index (χ3v) is 4.91. The molecule has 2 N–H and O–H groups in total. The fourth-order valence-corrected chi connectivity index (χ4v) is 3.56. The summed E-state index contributed by atoms with van der Waals surface area (Å²) in [6.07, 6.45) is 6.24. The Hall–Kier alpha value is -0.980. The van der Waals surface area contributed by atoms with Crippen molar-refractivity contribution in [1.82, 2.24) is 15.3 Å². The number of nitrogens with zero attached hydrogens (tertiary/aromatic N) is 2. The van der Waals surface area contributed by atoms with Crippen molar-refractivity contribution >= 4 is 33.2 Å². The van der Waals surface area contributed by atoms with Gasteiger partial charge in [0, 0.05) is 45.3 Å². The molecule has 1 saturated heterocycles. The SMILES string of the molecule is Brc1csc(-c2cnc(NCC3CCCN3)nc2)c1. The highest BCUT2D eigenvalue weighted by molar-refractivity contribution is 9.10. The van der Waals surface area contributed by atoms with Gasteiger partial charge in [0.25, 0.3) is 0 Å². The van der Waals surface area contributed by atoms with Crippen molar-refractivity contribution in [3.8, 4) is 10.4 Å². The number of nitrogens with one attached hydrogen (secondary N) is 2. The average Bonchev–Trinajstić information content (AvgIpc) is 3.08. The van der Waals surface area contributed by atoms with Crippen LogP contribution in [0.15, 0.2) is 28.3 Å². The van der Waals surface area contributed by atoms with Crippen molar-refractivity contribution in [3.63, 3.8) is 0 Å². The van der Waals surface area contributed by atoms with Gasteiger partial charge in [0.1, 0.15) is 0 Å². The molecule has 0 amide bonds. The zero-order valence-corrected chi connectivity index (χ0v) is 12.8. The summed E-state index contributed by atoms with van der Waals surface area (Å²) in [5.74, 6) is 0.702. The first kappa shape index (κ1) is 13.0. The molecule has 0 spiro atoms. The largest absolute Gasteiger partial charge is 0.353 e. The van der Waals surface area contributed by atoms with Gasteiger partial charge in [-0.3, -0.25) is 0 Å². The van der Waals surface area contributed by atoms with Gasteiger partial charge >= 0.3 is 0 Å². The van der Waals surface area contributed by atoms with Crippen LogP contribution in [0.5, 0.6) is 0 Å². The smallest absolute Gasteiger partial charge is 0.222 e. The molecule has 0 aliphatic carbocycles.